The number of Topliss-reactive ketones (excluding diaryl/α,β-unsaturated/α-hetero) is 1. The van der Waals surface area contributed by atoms with Crippen molar-refractivity contribution in [3.63, 3.8) is 0 Å². The number of carbonyl (C=O) groups excluding carboxylic acids is 1. The van der Waals surface area contributed by atoms with E-state index in [-0.39, 0.29) is 35.0 Å². The molecule has 1 saturated heterocycles. The summed E-state index contributed by atoms with van der Waals surface area (Å²) in [5.74, 6) is 0.392. The van der Waals surface area contributed by atoms with Gasteiger partial charge in [0.2, 0.25) is 0 Å². The molecule has 4 atom stereocenters. The molecule has 0 bridgehead atoms. The van der Waals surface area contributed by atoms with E-state index >= 15 is 0 Å². The molecule has 1 aliphatic heterocycles. The number of ketones is 1. The maximum atomic E-state index is 14.0. The van der Waals surface area contributed by atoms with Crippen LogP contribution in [0.1, 0.15) is 65.5 Å². The van der Waals surface area contributed by atoms with Crippen LogP contribution >= 0.6 is 0 Å². The van der Waals surface area contributed by atoms with E-state index in [2.05, 4.69) is 43.4 Å². The standard InChI is InChI=1S/C30H29FN4O/c1-16(2)27-21(15-32-29-24(17(3)34-35(27)29)19-8-6-9-20(31)13-19)28(36)26-25(33-26)23-14-30(23)12-11-18-7-4-5-10-22(18)30/h4-10,13,15-16,23,25-26,33H,11-12,14H2,1-3H3/t23?,25?,26?,30-/m0/s1. The van der Waals surface area contributed by atoms with Gasteiger partial charge in [-0.05, 0) is 66.8 Å². The fraction of sp³-hybridized carbons (Fsp3) is 0.367. The Hall–Kier alpha value is -3.38. The van der Waals surface area contributed by atoms with E-state index < -0.39 is 0 Å². The van der Waals surface area contributed by atoms with Crippen LogP contribution in [0.3, 0.4) is 0 Å². The van der Waals surface area contributed by atoms with E-state index in [4.69, 9.17) is 10.1 Å². The molecule has 182 valence electrons. The molecule has 2 fully saturated rings. The molecule has 2 aromatic heterocycles. The molecule has 3 aliphatic rings. The molecule has 7 rings (SSSR count). The lowest BCUT2D eigenvalue weighted by molar-refractivity contribution is 0.0984. The molecule has 0 radical (unpaired) electrons. The Balaban J connectivity index is 1.22. The summed E-state index contributed by atoms with van der Waals surface area (Å²) in [7, 11) is 0. The van der Waals surface area contributed by atoms with Crippen LogP contribution in [-0.4, -0.2) is 32.5 Å². The first kappa shape index (κ1) is 21.9. The van der Waals surface area contributed by atoms with E-state index in [1.165, 1.54) is 29.7 Å². The van der Waals surface area contributed by atoms with Crippen molar-refractivity contribution < 1.29 is 9.18 Å². The van der Waals surface area contributed by atoms with Crippen molar-refractivity contribution in [2.75, 3.05) is 0 Å². The van der Waals surface area contributed by atoms with Crippen molar-refractivity contribution >= 4 is 11.4 Å². The topological polar surface area (TPSA) is 69.2 Å². The van der Waals surface area contributed by atoms with Crippen LogP contribution in [0.2, 0.25) is 0 Å². The molecule has 4 aromatic rings. The Labute approximate surface area is 209 Å². The number of fused-ring (bicyclic) bond motifs is 3. The molecule has 36 heavy (non-hydrogen) atoms. The molecule has 6 heteroatoms. The highest BCUT2D eigenvalue weighted by molar-refractivity contribution is 6.04. The summed E-state index contributed by atoms with van der Waals surface area (Å²) in [5.41, 5.74) is 7.68. The van der Waals surface area contributed by atoms with Gasteiger partial charge in [0.15, 0.2) is 11.4 Å². The number of benzene rings is 2. The van der Waals surface area contributed by atoms with Crippen LogP contribution in [-0.2, 0) is 11.8 Å². The van der Waals surface area contributed by atoms with Gasteiger partial charge in [-0.15, -0.1) is 0 Å². The highest BCUT2D eigenvalue weighted by atomic mass is 19.1. The van der Waals surface area contributed by atoms with Crippen molar-refractivity contribution in [3.05, 3.63) is 88.6 Å². The number of hydrogen-bond donors (Lipinski definition) is 1. The number of nitrogens with zero attached hydrogens (tertiary/aromatic N) is 3. The second-order valence-electron chi connectivity index (χ2n) is 11.1. The van der Waals surface area contributed by atoms with Gasteiger partial charge in [0.25, 0.3) is 0 Å². The van der Waals surface area contributed by atoms with E-state index in [1.807, 2.05) is 13.0 Å². The number of carbonyl (C=O) groups is 1. The van der Waals surface area contributed by atoms with Gasteiger partial charge in [-0.25, -0.2) is 13.9 Å². The Bertz CT molecular complexity index is 1560. The van der Waals surface area contributed by atoms with E-state index in [0.717, 1.165) is 35.4 Å². The number of rotatable bonds is 5. The lowest BCUT2D eigenvalue weighted by Gasteiger charge is -2.14. The molecule has 5 nitrogen and oxygen atoms in total. The summed E-state index contributed by atoms with van der Waals surface area (Å²) in [6.07, 6.45) is 5.20. The van der Waals surface area contributed by atoms with E-state index in [0.29, 0.717) is 17.1 Å². The van der Waals surface area contributed by atoms with Gasteiger partial charge in [-0.1, -0.05) is 50.2 Å². The first-order valence-corrected chi connectivity index (χ1v) is 12.9. The first-order valence-electron chi connectivity index (χ1n) is 12.9. The summed E-state index contributed by atoms with van der Waals surface area (Å²) >= 11 is 0. The van der Waals surface area contributed by atoms with Gasteiger partial charge in [-0.3, -0.25) is 4.79 Å². The second kappa shape index (κ2) is 7.56. The Morgan fingerprint density at radius 1 is 1.19 bits per heavy atom. The molecule has 1 N–H and O–H groups in total. The lowest BCUT2D eigenvalue weighted by atomic mass is 9.92. The summed E-state index contributed by atoms with van der Waals surface area (Å²) in [4.78, 5) is 18.5. The smallest absolute Gasteiger partial charge is 0.184 e. The highest BCUT2D eigenvalue weighted by Gasteiger charge is 2.66. The predicted octanol–water partition coefficient (Wildman–Crippen LogP) is 5.39. The van der Waals surface area contributed by atoms with Gasteiger partial charge in [0.05, 0.1) is 23.0 Å². The maximum absolute atomic E-state index is 14.0. The Morgan fingerprint density at radius 2 is 2.03 bits per heavy atom. The van der Waals surface area contributed by atoms with Gasteiger partial charge in [-0.2, -0.15) is 5.10 Å². The summed E-state index contributed by atoms with van der Waals surface area (Å²) in [5, 5.41) is 8.30. The van der Waals surface area contributed by atoms with Crippen LogP contribution in [0.15, 0.2) is 54.7 Å². The van der Waals surface area contributed by atoms with Gasteiger partial charge in [0.1, 0.15) is 5.82 Å². The molecule has 2 aromatic carbocycles. The fourth-order valence-corrected chi connectivity index (χ4v) is 6.86. The van der Waals surface area contributed by atoms with Crippen molar-refractivity contribution in [2.24, 2.45) is 5.92 Å². The van der Waals surface area contributed by atoms with Gasteiger partial charge >= 0.3 is 0 Å². The van der Waals surface area contributed by atoms with Gasteiger partial charge < -0.3 is 5.32 Å². The molecule has 0 amide bonds. The van der Waals surface area contributed by atoms with Crippen LogP contribution in [0.25, 0.3) is 16.8 Å². The average molecular weight is 481 g/mol. The number of aromatic nitrogens is 3. The minimum Gasteiger partial charge on any atom is -0.301 e. The molecular formula is C30H29FN4O. The van der Waals surface area contributed by atoms with Crippen LogP contribution in [0.4, 0.5) is 4.39 Å². The number of halogens is 1. The first-order chi connectivity index (χ1) is 17.4. The quantitative estimate of drug-likeness (QED) is 0.307. The normalized spacial score (nSPS) is 26.1. The molecule has 3 unspecified atom stereocenters. The zero-order valence-electron chi connectivity index (χ0n) is 20.8. The molecule has 1 spiro atoms. The molecule has 2 aliphatic carbocycles. The van der Waals surface area contributed by atoms with Crippen LogP contribution < -0.4 is 5.32 Å². The third kappa shape index (κ3) is 3.07. The Morgan fingerprint density at radius 3 is 2.83 bits per heavy atom. The minimum absolute atomic E-state index is 0.0697. The third-order valence-corrected chi connectivity index (χ3v) is 8.65. The van der Waals surface area contributed by atoms with E-state index in [1.54, 1.807) is 16.8 Å². The average Bonchev–Trinajstić information content (AvgIpc) is 3.72. The van der Waals surface area contributed by atoms with Crippen molar-refractivity contribution in [3.8, 4) is 11.1 Å². The number of aryl methyl sites for hydroxylation is 2. The largest absolute Gasteiger partial charge is 0.301 e. The summed E-state index contributed by atoms with van der Waals surface area (Å²) in [6, 6.07) is 15.4. The molecule has 1 saturated carbocycles. The zero-order valence-corrected chi connectivity index (χ0v) is 20.8. The van der Waals surface area contributed by atoms with Crippen LogP contribution in [0, 0.1) is 18.7 Å². The van der Waals surface area contributed by atoms with Crippen molar-refractivity contribution in [1.82, 2.24) is 19.9 Å². The second-order valence-corrected chi connectivity index (χ2v) is 11.1. The van der Waals surface area contributed by atoms with Crippen molar-refractivity contribution in [2.45, 2.75) is 63.5 Å². The highest BCUT2D eigenvalue weighted by Crippen LogP contribution is 2.64. The Kier molecular flexibility index (Phi) is 4.59. The van der Waals surface area contributed by atoms with Crippen LogP contribution in [0.5, 0.6) is 0 Å². The van der Waals surface area contributed by atoms with Crippen molar-refractivity contribution in [1.29, 1.82) is 0 Å². The maximum Gasteiger partial charge on any atom is 0.184 e. The predicted molar refractivity (Wildman–Crippen MR) is 137 cm³/mol. The summed E-state index contributed by atoms with van der Waals surface area (Å²) in [6.45, 7) is 6.06. The minimum atomic E-state index is -0.296. The SMILES string of the molecule is Cc1nn2c(C(C)C)c(C(=O)C3NC3C3C[C@]34CCc3ccccc34)cnc2c1-c1cccc(F)c1. The number of nitrogens with one attached hydrogen (secondary N) is 1. The lowest BCUT2D eigenvalue weighted by Crippen LogP contribution is -2.19. The molecular weight excluding hydrogens is 451 g/mol. The number of hydrogen-bond acceptors (Lipinski definition) is 4. The van der Waals surface area contributed by atoms with E-state index in [9.17, 15) is 9.18 Å². The zero-order chi connectivity index (χ0) is 24.8. The summed E-state index contributed by atoms with van der Waals surface area (Å²) < 4.78 is 15.8. The molecule has 3 heterocycles. The fourth-order valence-electron chi connectivity index (χ4n) is 6.86. The van der Waals surface area contributed by atoms with Gasteiger partial charge in [0, 0.05) is 23.2 Å². The monoisotopic (exact) mass is 480 g/mol. The third-order valence-electron chi connectivity index (χ3n) is 8.65.